The molecule has 14 heavy (non-hydrogen) atoms. The van der Waals surface area contributed by atoms with Crippen molar-refractivity contribution in [2.45, 2.75) is 12.6 Å². The van der Waals surface area contributed by atoms with E-state index in [-0.39, 0.29) is 3.57 Å². The van der Waals surface area contributed by atoms with Crippen LogP contribution in [0.4, 0.5) is 22.0 Å². The molecule has 0 spiro atoms. The summed E-state index contributed by atoms with van der Waals surface area (Å²) in [6.07, 6.45) is -7.68. The van der Waals surface area contributed by atoms with Crippen molar-refractivity contribution in [3.05, 3.63) is 27.1 Å². The standard InChI is InChI=1S/C7H3F5IN/c8-6(9)5-3(13)1-2-4(14-5)7(10,11)12/h1-2,6H. The molecule has 0 saturated carbocycles. The molecule has 1 aromatic rings. The molecule has 0 aliphatic heterocycles. The van der Waals surface area contributed by atoms with E-state index in [0.29, 0.717) is 6.07 Å². The quantitative estimate of drug-likeness (QED) is 0.568. The summed E-state index contributed by atoms with van der Waals surface area (Å²) in [4.78, 5) is 2.86. The van der Waals surface area contributed by atoms with Crippen molar-refractivity contribution in [3.8, 4) is 0 Å². The third-order valence-corrected chi connectivity index (χ3v) is 2.28. The van der Waals surface area contributed by atoms with Gasteiger partial charge in [-0.15, -0.1) is 0 Å². The Labute approximate surface area is 89.5 Å². The zero-order chi connectivity index (χ0) is 10.9. The highest BCUT2D eigenvalue weighted by molar-refractivity contribution is 14.1. The van der Waals surface area contributed by atoms with Crippen LogP contribution < -0.4 is 0 Å². The Hall–Kier alpha value is -0.470. The minimum Gasteiger partial charge on any atom is -0.241 e. The van der Waals surface area contributed by atoms with E-state index < -0.39 is 24.0 Å². The van der Waals surface area contributed by atoms with Gasteiger partial charge in [-0.3, -0.25) is 0 Å². The fraction of sp³-hybridized carbons (Fsp3) is 0.286. The number of alkyl halides is 5. The Morgan fingerprint density at radius 3 is 2.21 bits per heavy atom. The first-order valence-corrected chi connectivity index (χ1v) is 4.42. The van der Waals surface area contributed by atoms with Gasteiger partial charge in [0, 0.05) is 3.57 Å². The lowest BCUT2D eigenvalue weighted by Crippen LogP contribution is -2.10. The Bertz CT molecular complexity index is 335. The lowest BCUT2D eigenvalue weighted by Gasteiger charge is -2.08. The van der Waals surface area contributed by atoms with E-state index in [1.54, 1.807) is 0 Å². The second kappa shape index (κ2) is 3.95. The highest BCUT2D eigenvalue weighted by Gasteiger charge is 2.33. The molecule has 1 aromatic heterocycles. The molecule has 0 N–H and O–H groups in total. The van der Waals surface area contributed by atoms with Gasteiger partial charge in [0.15, 0.2) is 0 Å². The molecule has 0 saturated heterocycles. The van der Waals surface area contributed by atoms with Crippen molar-refractivity contribution in [1.82, 2.24) is 4.98 Å². The van der Waals surface area contributed by atoms with Crippen LogP contribution in [0.5, 0.6) is 0 Å². The minimum atomic E-state index is -4.69. The Kier molecular flexibility index (Phi) is 3.28. The zero-order valence-electron chi connectivity index (χ0n) is 6.45. The highest BCUT2D eigenvalue weighted by Crippen LogP contribution is 2.30. The van der Waals surface area contributed by atoms with Gasteiger partial charge < -0.3 is 0 Å². The molecule has 0 unspecified atom stereocenters. The number of pyridine rings is 1. The van der Waals surface area contributed by atoms with Crippen molar-refractivity contribution in [2.24, 2.45) is 0 Å². The first-order valence-electron chi connectivity index (χ1n) is 3.34. The van der Waals surface area contributed by atoms with E-state index in [2.05, 4.69) is 4.98 Å². The van der Waals surface area contributed by atoms with Crippen LogP contribution in [0.3, 0.4) is 0 Å². The average molecular weight is 323 g/mol. The number of rotatable bonds is 1. The number of hydrogen-bond donors (Lipinski definition) is 0. The van der Waals surface area contributed by atoms with Gasteiger partial charge in [0.2, 0.25) is 0 Å². The molecule has 7 heteroatoms. The van der Waals surface area contributed by atoms with E-state index in [9.17, 15) is 22.0 Å². The molecule has 0 radical (unpaired) electrons. The molecule has 1 rings (SSSR count). The molecule has 0 bridgehead atoms. The summed E-state index contributed by atoms with van der Waals surface area (Å²) in [5.74, 6) is 0. The van der Waals surface area contributed by atoms with Crippen LogP contribution in [0.1, 0.15) is 17.8 Å². The highest BCUT2D eigenvalue weighted by atomic mass is 127. The van der Waals surface area contributed by atoms with Crippen LogP contribution >= 0.6 is 22.6 Å². The summed E-state index contributed by atoms with van der Waals surface area (Å²) >= 11 is 1.51. The van der Waals surface area contributed by atoms with Crippen LogP contribution in [0.25, 0.3) is 0 Å². The van der Waals surface area contributed by atoms with Gasteiger partial charge in [-0.25, -0.2) is 13.8 Å². The number of aromatic nitrogens is 1. The summed E-state index contributed by atoms with van der Waals surface area (Å²) in [7, 11) is 0. The molecule has 0 atom stereocenters. The molecular weight excluding hydrogens is 320 g/mol. The fourth-order valence-corrected chi connectivity index (χ4v) is 1.30. The Morgan fingerprint density at radius 1 is 1.21 bits per heavy atom. The van der Waals surface area contributed by atoms with Crippen molar-refractivity contribution in [2.75, 3.05) is 0 Å². The lowest BCUT2D eigenvalue weighted by molar-refractivity contribution is -0.141. The van der Waals surface area contributed by atoms with E-state index in [4.69, 9.17) is 0 Å². The van der Waals surface area contributed by atoms with Gasteiger partial charge in [-0.05, 0) is 34.7 Å². The zero-order valence-corrected chi connectivity index (χ0v) is 8.60. The second-order valence-corrected chi connectivity index (χ2v) is 3.52. The van der Waals surface area contributed by atoms with E-state index >= 15 is 0 Å². The molecule has 0 amide bonds. The molecule has 0 aliphatic carbocycles. The molecule has 1 heterocycles. The first-order chi connectivity index (χ1) is 6.32. The maximum absolute atomic E-state index is 12.2. The summed E-state index contributed by atoms with van der Waals surface area (Å²) in [5.41, 5.74) is -2.13. The van der Waals surface area contributed by atoms with E-state index in [1.807, 2.05) is 0 Å². The van der Waals surface area contributed by atoms with Crippen molar-refractivity contribution < 1.29 is 22.0 Å². The van der Waals surface area contributed by atoms with Crippen molar-refractivity contribution in [3.63, 3.8) is 0 Å². The predicted octanol–water partition coefficient (Wildman–Crippen LogP) is 3.64. The Morgan fingerprint density at radius 2 is 1.79 bits per heavy atom. The topological polar surface area (TPSA) is 12.9 Å². The van der Waals surface area contributed by atoms with Crippen molar-refractivity contribution in [1.29, 1.82) is 0 Å². The van der Waals surface area contributed by atoms with Crippen LogP contribution in [-0.2, 0) is 6.18 Å². The van der Waals surface area contributed by atoms with Gasteiger partial charge in [-0.2, -0.15) is 13.2 Å². The van der Waals surface area contributed by atoms with E-state index in [1.165, 1.54) is 22.6 Å². The van der Waals surface area contributed by atoms with Crippen LogP contribution in [-0.4, -0.2) is 4.98 Å². The molecule has 0 aromatic carbocycles. The predicted molar refractivity (Wildman–Crippen MR) is 46.9 cm³/mol. The van der Waals surface area contributed by atoms with Gasteiger partial charge >= 0.3 is 6.18 Å². The fourth-order valence-electron chi connectivity index (χ4n) is 0.769. The normalized spacial score (nSPS) is 12.2. The maximum atomic E-state index is 12.2. The van der Waals surface area contributed by atoms with Gasteiger partial charge in [-0.1, -0.05) is 0 Å². The number of halogens is 6. The third kappa shape index (κ3) is 2.52. The summed E-state index contributed by atoms with van der Waals surface area (Å²) in [6, 6.07) is 1.64. The largest absolute Gasteiger partial charge is 0.433 e. The SMILES string of the molecule is FC(F)c1nc(C(F)(F)F)ccc1I. The molecule has 0 aliphatic rings. The summed E-state index contributed by atoms with van der Waals surface area (Å²) < 4.78 is 60.5. The number of hydrogen-bond acceptors (Lipinski definition) is 1. The monoisotopic (exact) mass is 323 g/mol. The van der Waals surface area contributed by atoms with Crippen molar-refractivity contribution >= 4 is 22.6 Å². The first kappa shape index (κ1) is 11.6. The van der Waals surface area contributed by atoms with Crippen LogP contribution in [0.2, 0.25) is 0 Å². The summed E-state index contributed by atoms with van der Waals surface area (Å²) in [6.45, 7) is 0. The van der Waals surface area contributed by atoms with Gasteiger partial charge in [0.05, 0.1) is 0 Å². The molecule has 78 valence electrons. The smallest absolute Gasteiger partial charge is 0.241 e. The maximum Gasteiger partial charge on any atom is 0.433 e. The molecular formula is C7H3F5IN. The molecule has 1 nitrogen and oxygen atoms in total. The third-order valence-electron chi connectivity index (χ3n) is 1.37. The average Bonchev–Trinajstić information content (AvgIpc) is 2.02. The summed E-state index contributed by atoms with van der Waals surface area (Å²) in [5, 5.41) is 0. The minimum absolute atomic E-state index is 0.0191. The van der Waals surface area contributed by atoms with Crippen LogP contribution in [0.15, 0.2) is 12.1 Å². The Balaban J connectivity index is 3.20. The second-order valence-electron chi connectivity index (χ2n) is 2.36. The molecule has 0 fully saturated rings. The number of nitrogens with zero attached hydrogens (tertiary/aromatic N) is 1. The van der Waals surface area contributed by atoms with Crippen LogP contribution in [0, 0.1) is 3.57 Å². The van der Waals surface area contributed by atoms with E-state index in [0.717, 1.165) is 6.07 Å². The van der Waals surface area contributed by atoms with Gasteiger partial charge in [0.1, 0.15) is 11.4 Å². The lowest BCUT2D eigenvalue weighted by atomic mass is 10.3. The van der Waals surface area contributed by atoms with Gasteiger partial charge in [0.25, 0.3) is 6.43 Å².